The molecule has 0 saturated carbocycles. The van der Waals surface area contributed by atoms with E-state index in [1.54, 1.807) is 0 Å². The van der Waals surface area contributed by atoms with Crippen molar-refractivity contribution in [3.8, 4) is 0 Å². The fourth-order valence-corrected chi connectivity index (χ4v) is 2.34. The number of hydrogen-bond acceptors (Lipinski definition) is 3. The SMILES string of the molecule is CCCNC1CCN(Cc2ccc(C)nc2)C1. The molecule has 0 aromatic carbocycles. The van der Waals surface area contributed by atoms with Crippen LogP contribution in [-0.2, 0) is 6.54 Å². The standard InChI is InChI=1S/C14H23N3/c1-3-7-15-14-6-8-17(11-14)10-13-5-4-12(2)16-9-13/h4-5,9,14-15H,3,6-8,10-11H2,1-2H3. The smallest absolute Gasteiger partial charge is 0.0372 e. The quantitative estimate of drug-likeness (QED) is 0.842. The molecule has 1 aromatic heterocycles. The van der Waals surface area contributed by atoms with E-state index in [1.807, 2.05) is 13.1 Å². The molecule has 1 aliphatic heterocycles. The molecule has 17 heavy (non-hydrogen) atoms. The minimum atomic E-state index is 0.688. The van der Waals surface area contributed by atoms with Gasteiger partial charge in [0.05, 0.1) is 0 Å². The maximum atomic E-state index is 4.35. The number of rotatable bonds is 5. The highest BCUT2D eigenvalue weighted by atomic mass is 15.2. The summed E-state index contributed by atoms with van der Waals surface area (Å²) in [6.45, 7) is 8.81. The number of aryl methyl sites for hydroxylation is 1. The average Bonchev–Trinajstić information content (AvgIpc) is 2.77. The number of likely N-dealkylation sites (tertiary alicyclic amines) is 1. The monoisotopic (exact) mass is 233 g/mol. The highest BCUT2D eigenvalue weighted by Crippen LogP contribution is 2.13. The number of nitrogens with one attached hydrogen (secondary N) is 1. The lowest BCUT2D eigenvalue weighted by Gasteiger charge is -2.16. The molecule has 0 amide bonds. The third kappa shape index (κ3) is 3.79. The van der Waals surface area contributed by atoms with Crippen molar-refractivity contribution in [1.29, 1.82) is 0 Å². The Bertz CT molecular complexity index is 334. The van der Waals surface area contributed by atoms with Crippen LogP contribution in [0, 0.1) is 6.92 Å². The van der Waals surface area contributed by atoms with Gasteiger partial charge in [0, 0.05) is 37.6 Å². The van der Waals surface area contributed by atoms with E-state index in [2.05, 4.69) is 34.3 Å². The summed E-state index contributed by atoms with van der Waals surface area (Å²) >= 11 is 0. The van der Waals surface area contributed by atoms with Crippen LogP contribution in [-0.4, -0.2) is 35.6 Å². The summed E-state index contributed by atoms with van der Waals surface area (Å²) in [6, 6.07) is 4.97. The number of aromatic nitrogens is 1. The van der Waals surface area contributed by atoms with Crippen LogP contribution >= 0.6 is 0 Å². The molecule has 1 aliphatic rings. The third-order valence-electron chi connectivity index (χ3n) is 3.33. The summed E-state index contributed by atoms with van der Waals surface area (Å²) in [7, 11) is 0. The van der Waals surface area contributed by atoms with Crippen LogP contribution < -0.4 is 5.32 Å². The van der Waals surface area contributed by atoms with E-state index in [0.717, 1.165) is 18.8 Å². The Morgan fingerprint density at radius 2 is 2.35 bits per heavy atom. The van der Waals surface area contributed by atoms with Crippen molar-refractivity contribution in [3.05, 3.63) is 29.6 Å². The predicted molar refractivity (Wildman–Crippen MR) is 70.9 cm³/mol. The second-order valence-corrected chi connectivity index (χ2v) is 4.98. The molecule has 1 fully saturated rings. The first-order valence-electron chi connectivity index (χ1n) is 6.65. The summed E-state index contributed by atoms with van der Waals surface area (Å²) in [4.78, 5) is 6.86. The highest BCUT2D eigenvalue weighted by molar-refractivity contribution is 5.13. The van der Waals surface area contributed by atoms with Gasteiger partial charge in [0.25, 0.3) is 0 Å². The van der Waals surface area contributed by atoms with Crippen LogP contribution in [0.3, 0.4) is 0 Å². The lowest BCUT2D eigenvalue weighted by atomic mass is 10.2. The van der Waals surface area contributed by atoms with Crippen molar-refractivity contribution in [1.82, 2.24) is 15.2 Å². The minimum Gasteiger partial charge on any atom is -0.313 e. The van der Waals surface area contributed by atoms with Crippen LogP contribution in [0.15, 0.2) is 18.3 Å². The van der Waals surface area contributed by atoms with Crippen LogP contribution in [0.2, 0.25) is 0 Å². The number of pyridine rings is 1. The molecule has 0 bridgehead atoms. The second-order valence-electron chi connectivity index (χ2n) is 4.98. The van der Waals surface area contributed by atoms with E-state index in [1.165, 1.54) is 31.5 Å². The zero-order valence-corrected chi connectivity index (χ0v) is 10.9. The number of hydrogen-bond donors (Lipinski definition) is 1. The predicted octanol–water partition coefficient (Wildman–Crippen LogP) is 1.96. The zero-order valence-electron chi connectivity index (χ0n) is 10.9. The van der Waals surface area contributed by atoms with E-state index < -0.39 is 0 Å². The van der Waals surface area contributed by atoms with Gasteiger partial charge in [-0.3, -0.25) is 9.88 Å². The normalized spacial score (nSPS) is 20.9. The largest absolute Gasteiger partial charge is 0.313 e. The van der Waals surface area contributed by atoms with Crippen molar-refractivity contribution in [2.75, 3.05) is 19.6 Å². The molecule has 2 heterocycles. The molecular weight excluding hydrogens is 210 g/mol. The molecule has 1 atom stereocenters. The van der Waals surface area contributed by atoms with Crippen molar-refractivity contribution in [3.63, 3.8) is 0 Å². The molecule has 3 nitrogen and oxygen atoms in total. The van der Waals surface area contributed by atoms with Gasteiger partial charge in [-0.15, -0.1) is 0 Å². The van der Waals surface area contributed by atoms with Crippen molar-refractivity contribution < 1.29 is 0 Å². The van der Waals surface area contributed by atoms with Crippen molar-refractivity contribution in [2.45, 2.75) is 39.3 Å². The Kier molecular flexibility index (Phi) is 4.51. The molecule has 1 aromatic rings. The summed E-state index contributed by atoms with van der Waals surface area (Å²) in [5.41, 5.74) is 2.42. The van der Waals surface area contributed by atoms with Crippen LogP contribution in [0.25, 0.3) is 0 Å². The van der Waals surface area contributed by atoms with Gasteiger partial charge >= 0.3 is 0 Å². The third-order valence-corrected chi connectivity index (χ3v) is 3.33. The molecular formula is C14H23N3. The molecule has 3 heteroatoms. The Labute approximate surface area is 104 Å². The van der Waals surface area contributed by atoms with Crippen LogP contribution in [0.4, 0.5) is 0 Å². The topological polar surface area (TPSA) is 28.2 Å². The van der Waals surface area contributed by atoms with Gasteiger partial charge in [-0.2, -0.15) is 0 Å². The average molecular weight is 233 g/mol. The van der Waals surface area contributed by atoms with E-state index in [4.69, 9.17) is 0 Å². The van der Waals surface area contributed by atoms with Crippen LogP contribution in [0.5, 0.6) is 0 Å². The van der Waals surface area contributed by atoms with Gasteiger partial charge in [-0.1, -0.05) is 13.0 Å². The van der Waals surface area contributed by atoms with Gasteiger partial charge in [0.1, 0.15) is 0 Å². The van der Waals surface area contributed by atoms with Gasteiger partial charge in [0.15, 0.2) is 0 Å². The van der Waals surface area contributed by atoms with E-state index in [0.29, 0.717) is 6.04 Å². The molecule has 0 radical (unpaired) electrons. The minimum absolute atomic E-state index is 0.688. The molecule has 1 saturated heterocycles. The Morgan fingerprint density at radius 3 is 3.06 bits per heavy atom. The highest BCUT2D eigenvalue weighted by Gasteiger charge is 2.21. The van der Waals surface area contributed by atoms with Crippen LogP contribution in [0.1, 0.15) is 31.0 Å². The summed E-state index contributed by atoms with van der Waals surface area (Å²) < 4.78 is 0. The molecule has 1 unspecified atom stereocenters. The number of nitrogens with zero attached hydrogens (tertiary/aromatic N) is 2. The first-order chi connectivity index (χ1) is 8.28. The van der Waals surface area contributed by atoms with Gasteiger partial charge in [0.2, 0.25) is 0 Å². The first-order valence-corrected chi connectivity index (χ1v) is 6.65. The van der Waals surface area contributed by atoms with Crippen molar-refractivity contribution in [2.24, 2.45) is 0 Å². The fourth-order valence-electron chi connectivity index (χ4n) is 2.34. The molecule has 2 rings (SSSR count). The maximum Gasteiger partial charge on any atom is 0.0372 e. The zero-order chi connectivity index (χ0) is 12.1. The second kappa shape index (κ2) is 6.12. The van der Waals surface area contributed by atoms with Gasteiger partial charge in [-0.25, -0.2) is 0 Å². The molecule has 94 valence electrons. The summed E-state index contributed by atoms with van der Waals surface area (Å²) in [6.07, 6.45) is 4.50. The lowest BCUT2D eigenvalue weighted by Crippen LogP contribution is -2.32. The Hall–Kier alpha value is -0.930. The fraction of sp³-hybridized carbons (Fsp3) is 0.643. The first kappa shape index (κ1) is 12.5. The molecule has 0 spiro atoms. The summed E-state index contributed by atoms with van der Waals surface area (Å²) in [5.74, 6) is 0. The van der Waals surface area contributed by atoms with E-state index in [-0.39, 0.29) is 0 Å². The molecule has 0 aliphatic carbocycles. The Morgan fingerprint density at radius 1 is 1.47 bits per heavy atom. The van der Waals surface area contributed by atoms with E-state index in [9.17, 15) is 0 Å². The van der Waals surface area contributed by atoms with Gasteiger partial charge < -0.3 is 5.32 Å². The maximum absolute atomic E-state index is 4.35. The lowest BCUT2D eigenvalue weighted by molar-refractivity contribution is 0.320. The van der Waals surface area contributed by atoms with E-state index >= 15 is 0 Å². The molecule has 1 N–H and O–H groups in total. The van der Waals surface area contributed by atoms with Crippen molar-refractivity contribution >= 4 is 0 Å². The Balaban J connectivity index is 1.79. The summed E-state index contributed by atoms with van der Waals surface area (Å²) in [5, 5.41) is 3.60. The van der Waals surface area contributed by atoms with Gasteiger partial charge in [-0.05, 0) is 37.9 Å².